The number of aromatic nitrogens is 4. The van der Waals surface area contributed by atoms with Gasteiger partial charge in [-0.1, -0.05) is 0 Å². The fourth-order valence-electron chi connectivity index (χ4n) is 2.89. The molecule has 0 unspecified atom stereocenters. The van der Waals surface area contributed by atoms with Crippen LogP contribution < -0.4 is 10.9 Å². The molecule has 23 heavy (non-hydrogen) atoms. The van der Waals surface area contributed by atoms with Crippen molar-refractivity contribution in [2.24, 2.45) is 0 Å². The van der Waals surface area contributed by atoms with Crippen molar-refractivity contribution in [1.82, 2.24) is 25.5 Å². The first-order chi connectivity index (χ1) is 11.0. The molecule has 3 N–H and O–H groups in total. The highest BCUT2D eigenvalue weighted by Crippen LogP contribution is 2.35. The molecule has 0 saturated heterocycles. The average Bonchev–Trinajstić information content (AvgIpc) is 2.80. The lowest BCUT2D eigenvalue weighted by molar-refractivity contribution is -0.122. The van der Waals surface area contributed by atoms with E-state index in [1.54, 1.807) is 0 Å². The fourth-order valence-corrected chi connectivity index (χ4v) is 2.89. The van der Waals surface area contributed by atoms with Crippen molar-refractivity contribution < 1.29 is 4.79 Å². The quantitative estimate of drug-likeness (QED) is 0.768. The maximum atomic E-state index is 12.0. The zero-order valence-corrected chi connectivity index (χ0v) is 13.3. The molecular formula is C16H21N5O2. The van der Waals surface area contributed by atoms with Gasteiger partial charge in [-0.05, 0) is 32.3 Å². The van der Waals surface area contributed by atoms with Gasteiger partial charge in [-0.25, -0.2) is 4.98 Å². The second kappa shape index (κ2) is 6.36. The smallest absolute Gasteiger partial charge is 0.250 e. The molecule has 0 atom stereocenters. The second-order valence-corrected chi connectivity index (χ2v) is 6.19. The largest absolute Gasteiger partial charge is 0.353 e. The molecule has 1 aliphatic carbocycles. The lowest BCUT2D eigenvalue weighted by Gasteiger charge is -2.35. The van der Waals surface area contributed by atoms with E-state index < -0.39 is 0 Å². The topological polar surface area (TPSA) is 104 Å². The number of rotatable bonds is 5. The van der Waals surface area contributed by atoms with Gasteiger partial charge in [0.2, 0.25) is 5.91 Å². The molecule has 0 spiro atoms. The van der Waals surface area contributed by atoms with Crippen LogP contribution in [0, 0.1) is 13.8 Å². The monoisotopic (exact) mass is 315 g/mol. The van der Waals surface area contributed by atoms with Gasteiger partial charge in [-0.15, -0.1) is 0 Å². The number of aryl methyl sites for hydroxylation is 2. The number of H-pyrrole nitrogens is 2. The van der Waals surface area contributed by atoms with E-state index in [1.165, 1.54) is 12.4 Å². The predicted molar refractivity (Wildman–Crippen MR) is 85.1 cm³/mol. The Morgan fingerprint density at radius 1 is 1.39 bits per heavy atom. The molecule has 2 aromatic heterocycles. The van der Waals surface area contributed by atoms with Crippen molar-refractivity contribution >= 4 is 5.91 Å². The van der Waals surface area contributed by atoms with Gasteiger partial charge >= 0.3 is 0 Å². The molecule has 0 radical (unpaired) electrons. The van der Waals surface area contributed by atoms with Crippen LogP contribution >= 0.6 is 0 Å². The number of hydrogen-bond donors (Lipinski definition) is 3. The summed E-state index contributed by atoms with van der Waals surface area (Å²) >= 11 is 0. The van der Waals surface area contributed by atoms with Crippen molar-refractivity contribution in [2.45, 2.75) is 51.5 Å². The van der Waals surface area contributed by atoms with E-state index in [-0.39, 0.29) is 23.4 Å². The molecule has 2 aromatic rings. The number of hydrogen-bond acceptors (Lipinski definition) is 4. The van der Waals surface area contributed by atoms with Crippen molar-refractivity contribution in [3.63, 3.8) is 0 Å². The minimum absolute atomic E-state index is 0.0485. The Morgan fingerprint density at radius 2 is 2.17 bits per heavy atom. The third kappa shape index (κ3) is 3.49. The van der Waals surface area contributed by atoms with Gasteiger partial charge in [-0.3, -0.25) is 14.7 Å². The molecule has 1 saturated carbocycles. The second-order valence-electron chi connectivity index (χ2n) is 6.19. The highest BCUT2D eigenvalue weighted by molar-refractivity contribution is 5.76. The van der Waals surface area contributed by atoms with E-state index in [0.29, 0.717) is 12.8 Å². The summed E-state index contributed by atoms with van der Waals surface area (Å²) in [4.78, 5) is 30.0. The Balaban J connectivity index is 1.44. The van der Waals surface area contributed by atoms with Gasteiger partial charge in [-0.2, -0.15) is 5.10 Å². The molecule has 1 fully saturated rings. The van der Waals surface area contributed by atoms with Crippen LogP contribution in [0.4, 0.5) is 0 Å². The maximum Gasteiger partial charge on any atom is 0.250 e. The summed E-state index contributed by atoms with van der Waals surface area (Å²) in [6.45, 7) is 3.99. The molecule has 1 amide bonds. The molecule has 0 bridgehead atoms. The lowest BCUT2D eigenvalue weighted by Crippen LogP contribution is -2.43. The zero-order chi connectivity index (χ0) is 16.4. The first-order valence-corrected chi connectivity index (χ1v) is 7.87. The van der Waals surface area contributed by atoms with Gasteiger partial charge in [0.05, 0.1) is 17.7 Å². The van der Waals surface area contributed by atoms with Crippen molar-refractivity contribution in [3.05, 3.63) is 45.4 Å². The first-order valence-electron chi connectivity index (χ1n) is 7.87. The normalized spacial score (nSPS) is 20.1. The van der Waals surface area contributed by atoms with Gasteiger partial charge in [0.1, 0.15) is 0 Å². The maximum absolute atomic E-state index is 12.0. The number of aromatic amines is 2. The lowest BCUT2D eigenvalue weighted by atomic mass is 9.78. The Kier molecular flexibility index (Phi) is 4.27. The van der Waals surface area contributed by atoms with E-state index in [4.69, 9.17) is 0 Å². The van der Waals surface area contributed by atoms with Crippen molar-refractivity contribution in [2.75, 3.05) is 0 Å². The Morgan fingerprint density at radius 3 is 2.83 bits per heavy atom. The Labute approximate surface area is 133 Å². The molecule has 1 aliphatic rings. The minimum Gasteiger partial charge on any atom is -0.353 e. The third-order valence-corrected chi connectivity index (χ3v) is 4.56. The van der Waals surface area contributed by atoms with Crippen molar-refractivity contribution in [1.29, 1.82) is 0 Å². The summed E-state index contributed by atoms with van der Waals surface area (Å²) in [5, 5.41) is 10.2. The van der Waals surface area contributed by atoms with Crippen LogP contribution in [0.3, 0.4) is 0 Å². The molecular weight excluding hydrogens is 294 g/mol. The Bertz CT molecular complexity index is 758. The number of nitrogens with one attached hydrogen (secondary N) is 3. The van der Waals surface area contributed by atoms with E-state index in [0.717, 1.165) is 35.5 Å². The summed E-state index contributed by atoms with van der Waals surface area (Å²) in [5.74, 6) is 0.311. The van der Waals surface area contributed by atoms with Gasteiger partial charge in [0.15, 0.2) is 0 Å². The van der Waals surface area contributed by atoms with Gasteiger partial charge in [0, 0.05) is 36.6 Å². The summed E-state index contributed by atoms with van der Waals surface area (Å²) in [6, 6.07) is 1.71. The Hall–Kier alpha value is -2.44. The van der Waals surface area contributed by atoms with Crippen LogP contribution in [-0.4, -0.2) is 32.1 Å². The number of carbonyl (C=O) groups is 1. The van der Waals surface area contributed by atoms with Crippen LogP contribution in [0.5, 0.6) is 0 Å². The molecule has 122 valence electrons. The van der Waals surface area contributed by atoms with Crippen LogP contribution in [-0.2, 0) is 11.2 Å². The van der Waals surface area contributed by atoms with E-state index in [9.17, 15) is 9.59 Å². The molecule has 3 rings (SSSR count). The fraction of sp³-hybridized carbons (Fsp3) is 0.500. The van der Waals surface area contributed by atoms with E-state index >= 15 is 0 Å². The van der Waals surface area contributed by atoms with Crippen LogP contribution in [0.1, 0.15) is 47.8 Å². The number of carbonyl (C=O) groups excluding carboxylic acids is 1. The number of amides is 1. The SMILES string of the molecule is Cc1[nH]nc(CCC(=O)NC2CC(c3cc(=O)[nH]cn3)C2)c1C. The summed E-state index contributed by atoms with van der Waals surface area (Å²) in [5.41, 5.74) is 3.81. The number of nitrogens with zero attached hydrogens (tertiary/aromatic N) is 2. The van der Waals surface area contributed by atoms with E-state index in [2.05, 4.69) is 25.5 Å². The molecule has 0 aliphatic heterocycles. The standard InChI is InChI=1S/C16H21N5O2/c1-9-10(2)20-21-13(9)3-4-15(22)19-12-5-11(6-12)14-7-16(23)18-8-17-14/h7-8,11-12H,3-6H2,1-2H3,(H,19,22)(H,20,21)(H,17,18,23). The molecule has 0 aromatic carbocycles. The molecule has 2 heterocycles. The van der Waals surface area contributed by atoms with Crippen LogP contribution in [0.15, 0.2) is 17.2 Å². The highest BCUT2D eigenvalue weighted by Gasteiger charge is 2.32. The first kappa shape index (κ1) is 15.5. The van der Waals surface area contributed by atoms with E-state index in [1.807, 2.05) is 13.8 Å². The summed E-state index contributed by atoms with van der Waals surface area (Å²) in [6.07, 6.45) is 4.19. The third-order valence-electron chi connectivity index (χ3n) is 4.56. The van der Waals surface area contributed by atoms with Crippen LogP contribution in [0.25, 0.3) is 0 Å². The molecule has 7 heteroatoms. The van der Waals surface area contributed by atoms with Crippen LogP contribution in [0.2, 0.25) is 0 Å². The van der Waals surface area contributed by atoms with Gasteiger partial charge in [0.25, 0.3) is 5.56 Å². The molecule has 7 nitrogen and oxygen atoms in total. The minimum atomic E-state index is -0.132. The van der Waals surface area contributed by atoms with Crippen molar-refractivity contribution in [3.8, 4) is 0 Å². The summed E-state index contributed by atoms with van der Waals surface area (Å²) < 4.78 is 0. The zero-order valence-electron chi connectivity index (χ0n) is 13.3. The highest BCUT2D eigenvalue weighted by atomic mass is 16.1. The summed E-state index contributed by atoms with van der Waals surface area (Å²) in [7, 11) is 0. The predicted octanol–water partition coefficient (Wildman–Crippen LogP) is 1.10. The average molecular weight is 315 g/mol. The van der Waals surface area contributed by atoms with Gasteiger partial charge < -0.3 is 10.3 Å².